The summed E-state index contributed by atoms with van der Waals surface area (Å²) in [5.41, 5.74) is 1.23. The van der Waals surface area contributed by atoms with E-state index in [1.165, 1.54) is 6.07 Å². The van der Waals surface area contributed by atoms with Crippen LogP contribution in [-0.4, -0.2) is 10.9 Å². The molecule has 4 aromatic rings. The van der Waals surface area contributed by atoms with E-state index in [4.69, 9.17) is 4.42 Å². The lowest BCUT2D eigenvalue weighted by molar-refractivity contribution is 0.102. The molecule has 0 aliphatic carbocycles. The number of hydrogen-bond donors (Lipinski definition) is 2. The van der Waals surface area contributed by atoms with Gasteiger partial charge >= 0.3 is 5.63 Å². The van der Waals surface area contributed by atoms with E-state index in [-0.39, 0.29) is 16.5 Å². The first kappa shape index (κ1) is 18.7. The van der Waals surface area contributed by atoms with Gasteiger partial charge < -0.3 is 14.7 Å². The minimum atomic E-state index is -0.703. The predicted molar refractivity (Wildman–Crippen MR) is 114 cm³/mol. The zero-order valence-corrected chi connectivity index (χ0v) is 16.3. The number of fused-ring (bicyclic) bond motifs is 2. The van der Waals surface area contributed by atoms with Crippen LogP contribution in [0.5, 0.6) is 0 Å². The molecule has 2 N–H and O–H groups in total. The monoisotopic (exact) mass is 388 g/mol. The summed E-state index contributed by atoms with van der Waals surface area (Å²) in [5.74, 6) is -0.571. The molecule has 6 nitrogen and oxygen atoms in total. The zero-order chi connectivity index (χ0) is 20.8. The summed E-state index contributed by atoms with van der Waals surface area (Å²) >= 11 is 0. The van der Waals surface area contributed by atoms with Gasteiger partial charge in [-0.3, -0.25) is 9.59 Å². The Labute approximate surface area is 166 Å². The molecule has 0 bridgehead atoms. The Kier molecular flexibility index (Phi) is 4.34. The number of aromatic amines is 1. The fraction of sp³-hybridized carbons (Fsp3) is 0.174. The number of pyridine rings is 1. The van der Waals surface area contributed by atoms with Crippen LogP contribution in [0.2, 0.25) is 0 Å². The largest absolute Gasteiger partial charge is 0.422 e. The summed E-state index contributed by atoms with van der Waals surface area (Å²) in [6, 6.07) is 15.4. The van der Waals surface area contributed by atoms with Gasteiger partial charge in [0, 0.05) is 22.5 Å². The summed E-state index contributed by atoms with van der Waals surface area (Å²) in [6.45, 7) is 6.11. The lowest BCUT2D eigenvalue weighted by Gasteiger charge is -2.21. The van der Waals surface area contributed by atoms with E-state index in [0.29, 0.717) is 22.2 Å². The van der Waals surface area contributed by atoms with Crippen molar-refractivity contribution in [2.45, 2.75) is 26.2 Å². The van der Waals surface area contributed by atoms with E-state index in [0.717, 1.165) is 10.9 Å². The molecule has 29 heavy (non-hydrogen) atoms. The number of aromatic nitrogens is 1. The van der Waals surface area contributed by atoms with E-state index in [2.05, 4.69) is 10.3 Å². The maximum Gasteiger partial charge on any atom is 0.349 e. The Bertz CT molecular complexity index is 1370. The Morgan fingerprint density at radius 2 is 1.76 bits per heavy atom. The number of rotatable bonds is 2. The molecule has 4 rings (SSSR count). The molecule has 0 aliphatic heterocycles. The van der Waals surface area contributed by atoms with Gasteiger partial charge in [0.1, 0.15) is 11.1 Å². The second-order valence-electron chi connectivity index (χ2n) is 8.00. The van der Waals surface area contributed by atoms with Crippen LogP contribution in [0.1, 0.15) is 36.7 Å². The van der Waals surface area contributed by atoms with Crippen LogP contribution in [0.25, 0.3) is 21.9 Å². The van der Waals surface area contributed by atoms with Crippen LogP contribution in [0, 0.1) is 0 Å². The first-order valence-electron chi connectivity index (χ1n) is 9.24. The number of hydrogen-bond acceptors (Lipinski definition) is 4. The molecule has 2 heterocycles. The van der Waals surface area contributed by atoms with E-state index < -0.39 is 11.5 Å². The SMILES string of the molecule is CC(C)(C)c1cc(=O)[nH]c2cc(NC(=O)c3cc4ccccc4oc3=O)ccc12. The molecule has 0 radical (unpaired) electrons. The Balaban J connectivity index is 1.73. The molecule has 6 heteroatoms. The third-order valence-electron chi connectivity index (χ3n) is 4.79. The maximum absolute atomic E-state index is 12.7. The van der Waals surface area contributed by atoms with E-state index in [9.17, 15) is 14.4 Å². The fourth-order valence-electron chi connectivity index (χ4n) is 3.38. The highest BCUT2D eigenvalue weighted by molar-refractivity contribution is 6.06. The molecule has 0 atom stereocenters. The molecule has 2 aromatic heterocycles. The second kappa shape index (κ2) is 6.74. The Hall–Kier alpha value is -3.67. The Morgan fingerprint density at radius 3 is 2.52 bits per heavy atom. The average Bonchev–Trinajstić information content (AvgIpc) is 2.65. The molecule has 0 saturated heterocycles. The van der Waals surface area contributed by atoms with Crippen molar-refractivity contribution >= 4 is 33.5 Å². The minimum absolute atomic E-state index is 0.0827. The summed E-state index contributed by atoms with van der Waals surface area (Å²) < 4.78 is 5.23. The number of carbonyl (C=O) groups is 1. The highest BCUT2D eigenvalue weighted by atomic mass is 16.4. The van der Waals surface area contributed by atoms with Crippen LogP contribution in [-0.2, 0) is 5.41 Å². The molecular weight excluding hydrogens is 368 g/mol. The average molecular weight is 388 g/mol. The number of amides is 1. The van der Waals surface area contributed by atoms with Crippen LogP contribution in [0.15, 0.2) is 68.6 Å². The zero-order valence-electron chi connectivity index (χ0n) is 16.3. The van der Waals surface area contributed by atoms with Crippen LogP contribution >= 0.6 is 0 Å². The van der Waals surface area contributed by atoms with Gasteiger partial charge in [0.15, 0.2) is 0 Å². The molecule has 0 aliphatic rings. The standard InChI is InChI=1S/C23H20N2O4/c1-23(2,3)17-12-20(26)25-18-11-14(8-9-15(17)18)24-21(27)16-10-13-6-4-5-7-19(13)29-22(16)28/h4-12H,1-3H3,(H,24,27)(H,25,26). The van der Waals surface area contributed by atoms with Crippen molar-refractivity contribution in [3.8, 4) is 0 Å². The van der Waals surface area contributed by atoms with Gasteiger partial charge in [-0.15, -0.1) is 0 Å². The number of nitrogens with one attached hydrogen (secondary N) is 2. The van der Waals surface area contributed by atoms with Crippen molar-refractivity contribution in [1.29, 1.82) is 0 Å². The normalized spacial score (nSPS) is 11.7. The molecule has 0 spiro atoms. The lowest BCUT2D eigenvalue weighted by Crippen LogP contribution is -2.21. The highest BCUT2D eigenvalue weighted by Gasteiger charge is 2.19. The summed E-state index contributed by atoms with van der Waals surface area (Å²) in [6.07, 6.45) is 0. The van der Waals surface area contributed by atoms with Gasteiger partial charge in [-0.05, 0) is 35.2 Å². The fourth-order valence-corrected chi connectivity index (χ4v) is 3.38. The van der Waals surface area contributed by atoms with Crippen molar-refractivity contribution in [1.82, 2.24) is 4.98 Å². The van der Waals surface area contributed by atoms with Gasteiger partial charge in [-0.25, -0.2) is 4.79 Å². The van der Waals surface area contributed by atoms with E-state index in [1.807, 2.05) is 26.8 Å². The molecule has 2 aromatic carbocycles. The second-order valence-corrected chi connectivity index (χ2v) is 8.00. The summed E-state index contributed by atoms with van der Waals surface area (Å²) in [5, 5.41) is 4.28. The third-order valence-corrected chi connectivity index (χ3v) is 4.79. The van der Waals surface area contributed by atoms with Crippen molar-refractivity contribution in [2.75, 3.05) is 5.32 Å². The topological polar surface area (TPSA) is 92.2 Å². The van der Waals surface area contributed by atoms with E-state index in [1.54, 1.807) is 42.5 Å². The molecule has 146 valence electrons. The maximum atomic E-state index is 12.7. The Morgan fingerprint density at radius 1 is 1.00 bits per heavy atom. The number of benzene rings is 2. The van der Waals surface area contributed by atoms with Crippen LogP contribution in [0.3, 0.4) is 0 Å². The van der Waals surface area contributed by atoms with Crippen molar-refractivity contribution in [2.24, 2.45) is 0 Å². The lowest BCUT2D eigenvalue weighted by atomic mass is 9.85. The molecule has 0 unspecified atom stereocenters. The first-order valence-corrected chi connectivity index (χ1v) is 9.24. The summed E-state index contributed by atoms with van der Waals surface area (Å²) in [7, 11) is 0. The minimum Gasteiger partial charge on any atom is -0.422 e. The van der Waals surface area contributed by atoms with Crippen LogP contribution in [0.4, 0.5) is 5.69 Å². The number of anilines is 1. The molecular formula is C23H20N2O4. The molecule has 0 saturated carbocycles. The highest BCUT2D eigenvalue weighted by Crippen LogP contribution is 2.29. The predicted octanol–water partition coefficient (Wildman–Crippen LogP) is 4.18. The number of carbonyl (C=O) groups excluding carboxylic acids is 1. The first-order chi connectivity index (χ1) is 13.7. The quantitative estimate of drug-likeness (QED) is 0.504. The van der Waals surface area contributed by atoms with Crippen molar-refractivity contribution < 1.29 is 9.21 Å². The van der Waals surface area contributed by atoms with Crippen LogP contribution < -0.4 is 16.5 Å². The van der Waals surface area contributed by atoms with Gasteiger partial charge in [0.05, 0.1) is 5.52 Å². The van der Waals surface area contributed by atoms with E-state index >= 15 is 0 Å². The van der Waals surface area contributed by atoms with Gasteiger partial charge in [-0.1, -0.05) is 45.0 Å². The summed E-state index contributed by atoms with van der Waals surface area (Å²) in [4.78, 5) is 39.7. The third kappa shape index (κ3) is 3.57. The van der Waals surface area contributed by atoms with Crippen molar-refractivity contribution in [3.63, 3.8) is 0 Å². The molecule has 1 amide bonds. The molecule has 0 fully saturated rings. The van der Waals surface area contributed by atoms with Gasteiger partial charge in [0.25, 0.3) is 5.91 Å². The van der Waals surface area contributed by atoms with Crippen molar-refractivity contribution in [3.05, 3.63) is 86.5 Å². The number of H-pyrrole nitrogens is 1. The number of para-hydroxylation sites is 1. The smallest absolute Gasteiger partial charge is 0.349 e. The van der Waals surface area contributed by atoms with Gasteiger partial charge in [0.2, 0.25) is 5.56 Å². The van der Waals surface area contributed by atoms with Gasteiger partial charge in [-0.2, -0.15) is 0 Å².